The first kappa shape index (κ1) is 11.5. The number of halogens is 3. The molecule has 1 aliphatic rings. The van der Waals surface area contributed by atoms with Crippen molar-refractivity contribution in [3.8, 4) is 22.6 Å². The zero-order chi connectivity index (χ0) is 29.0. The number of aromatic nitrogens is 2. The van der Waals surface area contributed by atoms with Crippen LogP contribution in [0.3, 0.4) is 0 Å². The van der Waals surface area contributed by atoms with Crippen LogP contribution in [0.1, 0.15) is 28.5 Å². The number of benzene rings is 2. The number of ether oxygens (including phenoxy) is 2. The van der Waals surface area contributed by atoms with Crippen molar-refractivity contribution in [2.24, 2.45) is 0 Å². The van der Waals surface area contributed by atoms with Gasteiger partial charge in [0.15, 0.2) is 0 Å². The molecule has 0 unspecified atom stereocenters. The summed E-state index contributed by atoms with van der Waals surface area (Å²) >= 11 is 0. The van der Waals surface area contributed by atoms with Crippen molar-refractivity contribution in [2.45, 2.75) is 12.9 Å². The van der Waals surface area contributed by atoms with E-state index in [0.717, 1.165) is 0 Å². The van der Waals surface area contributed by atoms with E-state index in [0.29, 0.717) is 4.90 Å². The summed E-state index contributed by atoms with van der Waals surface area (Å²) in [6, 6.07) is -5.96. The smallest absolute Gasteiger partial charge is 0.491 e. The van der Waals surface area contributed by atoms with E-state index in [-0.39, 0.29) is 5.82 Å². The Morgan fingerprint density at radius 3 is 2.53 bits per heavy atom. The van der Waals surface area contributed by atoms with Gasteiger partial charge in [-0.15, -0.1) is 13.2 Å². The Bertz CT molecular complexity index is 1460. The van der Waals surface area contributed by atoms with Crippen LogP contribution in [0.25, 0.3) is 11.1 Å². The van der Waals surface area contributed by atoms with Gasteiger partial charge < -0.3 is 14.4 Å². The number of alkyl halides is 3. The average molecular weight is 424 g/mol. The third-order valence-corrected chi connectivity index (χ3v) is 3.70. The van der Waals surface area contributed by atoms with Gasteiger partial charge >= 0.3 is 6.36 Å². The first-order chi connectivity index (χ1) is 18.1. The maximum atomic E-state index is 13.6. The molecule has 2 aromatic carbocycles. The number of carbonyl (C=O) groups is 1. The Hall–Kier alpha value is -3.62. The standard InChI is InChI=1S/C21H16F3N3O3/c22-21(23,24)30-16-5-2-14(3-6-16)15-4-7-18-17(12-15)20(28)27(10-11-29-18)13-19-25-8-1-9-26-19/h1-9,12H,10-11,13H2/i2D,3D,4D,5D,6D,7D,10D2,12D. The van der Waals surface area contributed by atoms with Gasteiger partial charge in [-0.2, -0.15) is 0 Å². The minimum absolute atomic E-state index is 0.0213. The summed E-state index contributed by atoms with van der Waals surface area (Å²) < 4.78 is 122. The summed E-state index contributed by atoms with van der Waals surface area (Å²) in [5.74, 6) is -3.24. The highest BCUT2D eigenvalue weighted by molar-refractivity contribution is 5.98. The molecular formula is C21H16F3N3O3. The fourth-order valence-corrected chi connectivity index (χ4v) is 2.44. The first-order valence-corrected chi connectivity index (χ1v) is 8.27. The zero-order valence-electron chi connectivity index (χ0n) is 23.8. The van der Waals surface area contributed by atoms with Crippen molar-refractivity contribution in [3.05, 3.63) is 72.1 Å². The second kappa shape index (κ2) is 8.02. The van der Waals surface area contributed by atoms with Crippen molar-refractivity contribution in [3.63, 3.8) is 0 Å². The molecule has 9 heteroatoms. The molecule has 154 valence electrons. The van der Waals surface area contributed by atoms with E-state index in [4.69, 9.17) is 17.1 Å². The third kappa shape index (κ3) is 4.51. The van der Waals surface area contributed by atoms with Crippen LogP contribution in [0.5, 0.6) is 11.5 Å². The average Bonchev–Trinajstić information content (AvgIpc) is 2.96. The van der Waals surface area contributed by atoms with Gasteiger partial charge in [0, 0.05) is 12.4 Å². The fraction of sp³-hybridized carbons (Fsp3) is 0.190. The summed E-state index contributed by atoms with van der Waals surface area (Å²) in [7, 11) is 0. The summed E-state index contributed by atoms with van der Waals surface area (Å²) in [6.07, 6.45) is -2.65. The second-order valence-electron chi connectivity index (χ2n) is 5.71. The van der Waals surface area contributed by atoms with Crippen LogP contribution >= 0.6 is 0 Å². The van der Waals surface area contributed by atoms with Gasteiger partial charge in [-0.25, -0.2) is 9.97 Å². The molecular weight excluding hydrogens is 399 g/mol. The molecule has 0 fully saturated rings. The zero-order valence-corrected chi connectivity index (χ0v) is 14.8. The van der Waals surface area contributed by atoms with Crippen LogP contribution in [0.4, 0.5) is 13.2 Å². The summed E-state index contributed by atoms with van der Waals surface area (Å²) in [5.41, 5.74) is -2.33. The molecule has 6 nitrogen and oxygen atoms in total. The minimum atomic E-state index is -5.35. The molecule has 4 rings (SSSR count). The largest absolute Gasteiger partial charge is 0.573 e. The highest BCUT2D eigenvalue weighted by Gasteiger charge is 2.31. The maximum absolute atomic E-state index is 13.6. The Morgan fingerprint density at radius 2 is 1.83 bits per heavy atom. The van der Waals surface area contributed by atoms with Crippen LogP contribution in [0, 0.1) is 0 Å². The van der Waals surface area contributed by atoms with Gasteiger partial charge in [0.1, 0.15) is 23.9 Å². The lowest BCUT2D eigenvalue weighted by molar-refractivity contribution is -0.274. The molecule has 0 saturated heterocycles. The van der Waals surface area contributed by atoms with E-state index < -0.39 is 102 Å². The predicted octanol–water partition coefficient (Wildman–Crippen LogP) is 4.08. The molecule has 1 aliphatic heterocycles. The summed E-state index contributed by atoms with van der Waals surface area (Å²) in [5, 5.41) is 0. The first-order valence-electron chi connectivity index (χ1n) is 12.8. The number of rotatable bonds is 4. The number of nitrogens with zero attached hydrogens (tertiary/aromatic N) is 3. The van der Waals surface area contributed by atoms with E-state index in [2.05, 4.69) is 14.7 Å². The van der Waals surface area contributed by atoms with Gasteiger partial charge in [0.05, 0.1) is 30.9 Å². The van der Waals surface area contributed by atoms with Crippen molar-refractivity contribution in [1.29, 1.82) is 0 Å². The molecule has 0 radical (unpaired) electrons. The molecule has 0 N–H and O–H groups in total. The molecule has 2 heterocycles. The van der Waals surface area contributed by atoms with Gasteiger partial charge in [-0.3, -0.25) is 4.79 Å². The fourth-order valence-electron chi connectivity index (χ4n) is 2.44. The number of hydrogen-bond acceptors (Lipinski definition) is 5. The van der Waals surface area contributed by atoms with Crippen molar-refractivity contribution >= 4 is 5.91 Å². The number of hydrogen-bond donors (Lipinski definition) is 0. The lowest BCUT2D eigenvalue weighted by Gasteiger charge is -2.19. The Labute approximate surface area is 182 Å². The van der Waals surface area contributed by atoms with E-state index in [1.165, 1.54) is 18.5 Å². The van der Waals surface area contributed by atoms with Gasteiger partial charge in [0.2, 0.25) is 0 Å². The van der Waals surface area contributed by atoms with Crippen molar-refractivity contribution in [2.75, 3.05) is 13.1 Å². The topological polar surface area (TPSA) is 64.6 Å². The van der Waals surface area contributed by atoms with Crippen LogP contribution in [-0.2, 0) is 6.54 Å². The second-order valence-corrected chi connectivity index (χ2v) is 5.71. The third-order valence-electron chi connectivity index (χ3n) is 3.70. The quantitative estimate of drug-likeness (QED) is 0.632. The lowest BCUT2D eigenvalue weighted by atomic mass is 10.0. The molecule has 0 saturated carbocycles. The SMILES string of the molecule is [2H]c1c([2H])c(-c2c([2H])c([2H])c3c(c2[2H])C(=O)N(Cc2ncccn2)C([2H])([2H])CO3)c([2H])c([2H])c1OC(F)(F)F. The van der Waals surface area contributed by atoms with Crippen molar-refractivity contribution < 1.29 is 39.8 Å². The number of carbonyl (C=O) groups excluding carboxylic acids is 1. The van der Waals surface area contributed by atoms with Crippen LogP contribution < -0.4 is 9.47 Å². The molecule has 1 amide bonds. The van der Waals surface area contributed by atoms with Gasteiger partial charge in [-0.1, -0.05) is 18.1 Å². The highest BCUT2D eigenvalue weighted by atomic mass is 19.4. The highest BCUT2D eigenvalue weighted by Crippen LogP contribution is 2.31. The van der Waals surface area contributed by atoms with Crippen LogP contribution in [-0.4, -0.2) is 40.2 Å². The molecule has 30 heavy (non-hydrogen) atoms. The molecule has 0 atom stereocenters. The lowest BCUT2D eigenvalue weighted by Crippen LogP contribution is -2.32. The summed E-state index contributed by atoms with van der Waals surface area (Å²) in [6.45, 7) is -3.82. The van der Waals surface area contributed by atoms with E-state index >= 15 is 0 Å². The molecule has 0 bridgehead atoms. The Morgan fingerprint density at radius 1 is 1.13 bits per heavy atom. The van der Waals surface area contributed by atoms with E-state index in [1.54, 1.807) is 0 Å². The Kier molecular flexibility index (Phi) is 3.08. The summed E-state index contributed by atoms with van der Waals surface area (Å²) in [4.78, 5) is 22.1. The van der Waals surface area contributed by atoms with Crippen LogP contribution in [0.2, 0.25) is 0 Å². The van der Waals surface area contributed by atoms with Gasteiger partial charge in [0.25, 0.3) is 5.91 Å². The van der Waals surface area contributed by atoms with Crippen molar-refractivity contribution in [1.82, 2.24) is 14.9 Å². The molecule has 0 aliphatic carbocycles. The van der Waals surface area contributed by atoms with Crippen LogP contribution in [0.15, 0.2) is 60.8 Å². The monoisotopic (exact) mass is 424 g/mol. The van der Waals surface area contributed by atoms with E-state index in [1.807, 2.05) is 0 Å². The van der Waals surface area contributed by atoms with E-state index in [9.17, 15) is 18.0 Å². The minimum Gasteiger partial charge on any atom is -0.491 e. The Balaban J connectivity index is 1.97. The molecule has 3 aromatic rings. The van der Waals surface area contributed by atoms with Gasteiger partial charge in [-0.05, 0) is 41.4 Å². The maximum Gasteiger partial charge on any atom is 0.573 e. The number of fused-ring (bicyclic) bond motifs is 1. The molecule has 0 spiro atoms. The normalized spacial score (nSPS) is 19.9. The number of amides is 1. The molecule has 1 aromatic heterocycles. The predicted molar refractivity (Wildman–Crippen MR) is 101 cm³/mol.